The molecule has 1 rings (SSSR count). The van der Waals surface area contributed by atoms with Crippen LogP contribution >= 0.6 is 0 Å². The lowest BCUT2D eigenvalue weighted by Crippen LogP contribution is -2.44. The number of carboxylic acids is 1. The second-order valence-electron chi connectivity index (χ2n) is 6.53. The van der Waals surface area contributed by atoms with Crippen LogP contribution < -0.4 is 0 Å². The molecule has 17 heavy (non-hydrogen) atoms. The molecule has 0 radical (unpaired) electrons. The van der Waals surface area contributed by atoms with Gasteiger partial charge < -0.3 is 9.53 Å². The van der Waals surface area contributed by atoms with Crippen LogP contribution in [0.3, 0.4) is 0 Å². The summed E-state index contributed by atoms with van der Waals surface area (Å²) >= 11 is 0. The van der Waals surface area contributed by atoms with Crippen molar-refractivity contribution in [1.29, 1.82) is 0 Å². The Balaban J connectivity index is 2.64. The highest BCUT2D eigenvalue weighted by molar-refractivity contribution is 6.74. The zero-order chi connectivity index (χ0) is 13.4. The van der Waals surface area contributed by atoms with Gasteiger partial charge in [0.05, 0.1) is 6.10 Å². The quantitative estimate of drug-likeness (QED) is 0.789. The lowest BCUT2D eigenvalue weighted by Gasteiger charge is -2.38. The summed E-state index contributed by atoms with van der Waals surface area (Å²) in [4.78, 5) is 12.9. The molecule has 0 aromatic rings. The van der Waals surface area contributed by atoms with E-state index in [0.29, 0.717) is 6.42 Å². The highest BCUT2D eigenvalue weighted by Crippen LogP contribution is 2.38. The minimum atomic E-state index is -1.78. The number of carbonyl (C=O) groups is 1. The molecule has 0 amide bonds. The van der Waals surface area contributed by atoms with Crippen molar-refractivity contribution >= 4 is 14.3 Å². The van der Waals surface area contributed by atoms with E-state index in [9.17, 15) is 4.79 Å². The molecule has 100 valence electrons. The van der Waals surface area contributed by atoms with Crippen molar-refractivity contribution in [2.75, 3.05) is 13.6 Å². The van der Waals surface area contributed by atoms with Crippen molar-refractivity contribution in [3.63, 3.8) is 0 Å². The first kappa shape index (κ1) is 14.7. The molecular weight excluding hydrogens is 234 g/mol. The zero-order valence-corrected chi connectivity index (χ0v) is 12.8. The van der Waals surface area contributed by atoms with Gasteiger partial charge in [-0.05, 0) is 31.6 Å². The Bertz CT molecular complexity index is 299. The fourth-order valence-electron chi connectivity index (χ4n) is 1.92. The Morgan fingerprint density at radius 3 is 2.29 bits per heavy atom. The fourth-order valence-corrected chi connectivity index (χ4v) is 3.28. The Kier molecular flexibility index (Phi) is 4.06. The van der Waals surface area contributed by atoms with Gasteiger partial charge in [-0.3, -0.25) is 9.69 Å². The largest absolute Gasteiger partial charge is 0.480 e. The van der Waals surface area contributed by atoms with E-state index in [1.54, 1.807) is 0 Å². The molecular formula is C12H25NO3Si. The van der Waals surface area contributed by atoms with Crippen LogP contribution in [0.25, 0.3) is 0 Å². The minimum Gasteiger partial charge on any atom is -0.480 e. The van der Waals surface area contributed by atoms with E-state index in [2.05, 4.69) is 33.9 Å². The molecule has 1 aliphatic rings. The third-order valence-electron chi connectivity index (χ3n) is 4.06. The number of hydrogen-bond acceptors (Lipinski definition) is 3. The van der Waals surface area contributed by atoms with Gasteiger partial charge in [-0.25, -0.2) is 0 Å². The van der Waals surface area contributed by atoms with Crippen LogP contribution in [-0.2, 0) is 9.22 Å². The van der Waals surface area contributed by atoms with E-state index < -0.39 is 14.3 Å². The summed E-state index contributed by atoms with van der Waals surface area (Å²) in [5.74, 6) is -0.742. The molecule has 5 heteroatoms. The summed E-state index contributed by atoms with van der Waals surface area (Å²) in [5, 5.41) is 9.25. The van der Waals surface area contributed by atoms with E-state index in [1.165, 1.54) is 0 Å². The smallest absolute Gasteiger partial charge is 0.321 e. The maximum absolute atomic E-state index is 11.0. The van der Waals surface area contributed by atoms with Gasteiger partial charge in [-0.2, -0.15) is 0 Å². The normalized spacial score (nSPS) is 27.4. The zero-order valence-electron chi connectivity index (χ0n) is 11.8. The SMILES string of the molecule is CN1C[C@H](O[Si](C)(C)C(C)(C)C)C[C@H]1C(=O)O. The third kappa shape index (κ3) is 3.30. The highest BCUT2D eigenvalue weighted by Gasteiger charge is 2.43. The molecule has 1 saturated heterocycles. The summed E-state index contributed by atoms with van der Waals surface area (Å²) in [6.45, 7) is 11.7. The van der Waals surface area contributed by atoms with Crippen LogP contribution in [0.15, 0.2) is 0 Å². The molecule has 2 atom stereocenters. The number of rotatable bonds is 3. The summed E-state index contributed by atoms with van der Waals surface area (Å²) in [7, 11) is 0.0715. The predicted molar refractivity (Wildman–Crippen MR) is 70.7 cm³/mol. The highest BCUT2D eigenvalue weighted by atomic mass is 28.4. The topological polar surface area (TPSA) is 49.8 Å². The number of hydrogen-bond donors (Lipinski definition) is 1. The van der Waals surface area contributed by atoms with E-state index >= 15 is 0 Å². The fraction of sp³-hybridized carbons (Fsp3) is 0.917. The monoisotopic (exact) mass is 259 g/mol. The van der Waals surface area contributed by atoms with Crippen molar-refractivity contribution in [2.45, 2.75) is 57.5 Å². The van der Waals surface area contributed by atoms with Crippen molar-refractivity contribution in [3.8, 4) is 0 Å². The maximum Gasteiger partial charge on any atom is 0.321 e. The second kappa shape index (κ2) is 4.70. The molecule has 1 fully saturated rings. The Morgan fingerprint density at radius 1 is 1.41 bits per heavy atom. The lowest BCUT2D eigenvalue weighted by molar-refractivity contribution is -0.141. The number of likely N-dealkylation sites (N-methyl/N-ethyl adjacent to an activating group) is 1. The van der Waals surface area contributed by atoms with E-state index in [-0.39, 0.29) is 17.2 Å². The van der Waals surface area contributed by atoms with Crippen molar-refractivity contribution in [3.05, 3.63) is 0 Å². The molecule has 1 heterocycles. The molecule has 1 aliphatic heterocycles. The van der Waals surface area contributed by atoms with Gasteiger partial charge in [0.15, 0.2) is 8.32 Å². The number of nitrogens with zero attached hydrogens (tertiary/aromatic N) is 1. The molecule has 0 unspecified atom stereocenters. The Hall–Kier alpha value is -0.393. The van der Waals surface area contributed by atoms with Gasteiger partial charge in [0, 0.05) is 6.54 Å². The molecule has 0 spiro atoms. The van der Waals surface area contributed by atoms with Gasteiger partial charge in [0.1, 0.15) is 6.04 Å². The van der Waals surface area contributed by atoms with Crippen LogP contribution in [0.1, 0.15) is 27.2 Å². The molecule has 0 aliphatic carbocycles. The van der Waals surface area contributed by atoms with E-state index in [4.69, 9.17) is 9.53 Å². The Morgan fingerprint density at radius 2 is 1.94 bits per heavy atom. The third-order valence-corrected chi connectivity index (χ3v) is 8.60. The summed E-state index contributed by atoms with van der Waals surface area (Å²) in [5.41, 5.74) is 0. The van der Waals surface area contributed by atoms with Crippen molar-refractivity contribution < 1.29 is 14.3 Å². The number of likely N-dealkylation sites (tertiary alicyclic amines) is 1. The van der Waals surface area contributed by atoms with Gasteiger partial charge in [0.25, 0.3) is 0 Å². The first-order chi connectivity index (χ1) is 7.54. The molecule has 4 nitrogen and oxygen atoms in total. The standard InChI is InChI=1S/C12H25NO3Si/c1-12(2,3)17(5,6)16-9-7-10(11(14)15)13(4)8-9/h9-10H,7-8H2,1-6H3,(H,14,15)/t9-,10+/m1/s1. The van der Waals surface area contributed by atoms with Crippen LogP contribution in [-0.4, -0.2) is 50.0 Å². The number of aliphatic carboxylic acids is 1. The average Bonchev–Trinajstić information content (AvgIpc) is 2.43. The van der Waals surface area contributed by atoms with Gasteiger partial charge in [-0.15, -0.1) is 0 Å². The second-order valence-corrected chi connectivity index (χ2v) is 11.3. The first-order valence-electron chi connectivity index (χ1n) is 6.15. The van der Waals surface area contributed by atoms with E-state index in [1.807, 2.05) is 11.9 Å². The number of carboxylic acid groups (broad SMARTS) is 1. The summed E-state index contributed by atoms with van der Waals surface area (Å²) in [6.07, 6.45) is 0.681. The van der Waals surface area contributed by atoms with Crippen LogP contribution in [0.5, 0.6) is 0 Å². The first-order valence-corrected chi connectivity index (χ1v) is 9.06. The van der Waals surface area contributed by atoms with Crippen LogP contribution in [0.2, 0.25) is 18.1 Å². The summed E-state index contributed by atoms with van der Waals surface area (Å²) < 4.78 is 6.25. The van der Waals surface area contributed by atoms with Gasteiger partial charge in [-0.1, -0.05) is 20.8 Å². The van der Waals surface area contributed by atoms with Crippen molar-refractivity contribution in [2.24, 2.45) is 0 Å². The van der Waals surface area contributed by atoms with Crippen molar-refractivity contribution in [1.82, 2.24) is 4.90 Å². The van der Waals surface area contributed by atoms with Crippen LogP contribution in [0.4, 0.5) is 0 Å². The molecule has 0 saturated carbocycles. The predicted octanol–water partition coefficient (Wildman–Crippen LogP) is 2.17. The summed E-state index contributed by atoms with van der Waals surface area (Å²) in [6, 6.07) is -0.384. The van der Waals surface area contributed by atoms with Crippen LogP contribution in [0, 0.1) is 0 Å². The van der Waals surface area contributed by atoms with Gasteiger partial charge in [0.2, 0.25) is 0 Å². The molecule has 0 bridgehead atoms. The molecule has 0 aromatic heterocycles. The minimum absolute atomic E-state index is 0.0713. The Labute approximate surface area is 105 Å². The maximum atomic E-state index is 11.0. The van der Waals surface area contributed by atoms with E-state index in [0.717, 1.165) is 6.54 Å². The average molecular weight is 259 g/mol. The molecule has 1 N–H and O–H groups in total. The van der Waals surface area contributed by atoms with Gasteiger partial charge >= 0.3 is 5.97 Å². The lowest BCUT2D eigenvalue weighted by atomic mass is 10.2. The molecule has 0 aromatic carbocycles.